The van der Waals surface area contributed by atoms with Gasteiger partial charge in [0.1, 0.15) is 15.4 Å². The fourth-order valence-corrected chi connectivity index (χ4v) is 3.42. The summed E-state index contributed by atoms with van der Waals surface area (Å²) in [6.45, 7) is 2.73. The molecule has 0 bridgehead atoms. The van der Waals surface area contributed by atoms with E-state index >= 15 is 0 Å². The monoisotopic (exact) mass is 437 g/mol. The quantitative estimate of drug-likeness (QED) is 0.331. The van der Waals surface area contributed by atoms with Crippen molar-refractivity contribution in [2.75, 3.05) is 19.0 Å². The van der Waals surface area contributed by atoms with Crippen LogP contribution in [0.5, 0.6) is 0 Å². The number of carbonyl (C=O) groups is 3. The van der Waals surface area contributed by atoms with E-state index in [4.69, 9.17) is 4.74 Å². The second-order valence-electron chi connectivity index (χ2n) is 5.37. The molecule has 6 nitrogen and oxygen atoms in total. The van der Waals surface area contributed by atoms with Crippen molar-refractivity contribution < 1.29 is 45.8 Å². The van der Waals surface area contributed by atoms with Crippen molar-refractivity contribution in [1.29, 1.82) is 0 Å². The Bertz CT molecular complexity index is 991. The number of halogens is 5. The van der Waals surface area contributed by atoms with Gasteiger partial charge in [0.05, 0.1) is 19.3 Å². The molecule has 2 aromatic rings. The van der Waals surface area contributed by atoms with Crippen molar-refractivity contribution in [3.63, 3.8) is 0 Å². The number of anilines is 1. The van der Waals surface area contributed by atoms with E-state index in [9.17, 15) is 36.3 Å². The highest BCUT2D eigenvalue weighted by atomic mass is 32.1. The lowest BCUT2D eigenvalue weighted by Gasteiger charge is -2.10. The lowest BCUT2D eigenvalue weighted by atomic mass is 10.1. The fraction of sp³-hybridized carbons (Fsp3) is 0.235. The number of ether oxygens (including phenoxy) is 2. The number of hydrogen-bond donors (Lipinski definition) is 1. The number of methoxy groups -OCH3 is 1. The molecule has 0 aliphatic carbocycles. The molecule has 156 valence electrons. The zero-order chi connectivity index (χ0) is 22.0. The molecule has 1 aromatic carbocycles. The molecule has 0 saturated carbocycles. The van der Waals surface area contributed by atoms with Gasteiger partial charge < -0.3 is 14.8 Å². The Balaban J connectivity index is 2.59. The van der Waals surface area contributed by atoms with Crippen molar-refractivity contribution in [2.24, 2.45) is 0 Å². The van der Waals surface area contributed by atoms with Gasteiger partial charge in [0, 0.05) is 0 Å². The number of nitrogens with one attached hydrogen (secondary N) is 1. The molecule has 1 aromatic heterocycles. The van der Waals surface area contributed by atoms with Crippen LogP contribution in [0.25, 0.3) is 0 Å². The van der Waals surface area contributed by atoms with Gasteiger partial charge in [0.25, 0.3) is 5.91 Å². The Morgan fingerprint density at radius 2 is 1.41 bits per heavy atom. The van der Waals surface area contributed by atoms with Crippen LogP contribution in [0.15, 0.2) is 0 Å². The summed E-state index contributed by atoms with van der Waals surface area (Å²) in [6, 6.07) is 0. The summed E-state index contributed by atoms with van der Waals surface area (Å²) >= 11 is 0.505. The highest BCUT2D eigenvalue weighted by Gasteiger charge is 2.32. The van der Waals surface area contributed by atoms with E-state index in [1.54, 1.807) is 0 Å². The minimum absolute atomic E-state index is 0.0352. The number of hydrogen-bond acceptors (Lipinski definition) is 6. The minimum atomic E-state index is -2.43. The summed E-state index contributed by atoms with van der Waals surface area (Å²) in [5.41, 5.74) is -2.04. The van der Waals surface area contributed by atoms with Crippen LogP contribution in [-0.2, 0) is 9.47 Å². The van der Waals surface area contributed by atoms with Crippen LogP contribution in [0.3, 0.4) is 0 Å². The van der Waals surface area contributed by atoms with Crippen LogP contribution in [0.2, 0.25) is 0 Å². The van der Waals surface area contributed by atoms with Gasteiger partial charge in [-0.2, -0.15) is 0 Å². The third-order valence-corrected chi connectivity index (χ3v) is 4.85. The second kappa shape index (κ2) is 8.55. The van der Waals surface area contributed by atoms with Crippen LogP contribution < -0.4 is 5.32 Å². The molecular formula is C17H12F5NO5S. The second-order valence-corrected chi connectivity index (χ2v) is 6.39. The van der Waals surface area contributed by atoms with Crippen LogP contribution in [0.4, 0.5) is 27.0 Å². The molecule has 0 atom stereocenters. The number of thiophene rings is 1. The third-order valence-electron chi connectivity index (χ3n) is 3.66. The van der Waals surface area contributed by atoms with Crippen molar-refractivity contribution in [2.45, 2.75) is 13.8 Å². The fourth-order valence-electron chi connectivity index (χ4n) is 2.31. The van der Waals surface area contributed by atoms with Crippen LogP contribution in [-0.4, -0.2) is 31.6 Å². The van der Waals surface area contributed by atoms with Crippen LogP contribution >= 0.6 is 11.3 Å². The number of carbonyl (C=O) groups excluding carboxylic acids is 3. The lowest BCUT2D eigenvalue weighted by Crippen LogP contribution is -2.20. The summed E-state index contributed by atoms with van der Waals surface area (Å²) in [5.74, 6) is -15.3. The molecule has 0 aliphatic heterocycles. The zero-order valence-electron chi connectivity index (χ0n) is 15.0. The third kappa shape index (κ3) is 3.92. The standard InChI is InChI=1S/C17H12F5NO5S/c1-4-28-16(25)6-5(2)13(17(26)27-3)29-15(6)23-14(24)7-8(18)10(20)12(22)11(21)9(7)19/h4H2,1-3H3,(H,23,24). The Morgan fingerprint density at radius 1 is 0.897 bits per heavy atom. The largest absolute Gasteiger partial charge is 0.465 e. The van der Waals surface area contributed by atoms with E-state index in [-0.39, 0.29) is 22.6 Å². The van der Waals surface area contributed by atoms with Crippen molar-refractivity contribution in [3.8, 4) is 0 Å². The molecule has 1 heterocycles. The van der Waals surface area contributed by atoms with Crippen molar-refractivity contribution >= 4 is 34.2 Å². The van der Waals surface area contributed by atoms with E-state index in [1.807, 2.05) is 5.32 Å². The molecule has 1 amide bonds. The SMILES string of the molecule is CCOC(=O)c1c(NC(=O)c2c(F)c(F)c(F)c(F)c2F)sc(C(=O)OC)c1C. The average Bonchev–Trinajstić information content (AvgIpc) is 3.00. The first-order valence-electron chi connectivity index (χ1n) is 7.78. The average molecular weight is 437 g/mol. The lowest BCUT2D eigenvalue weighted by molar-refractivity contribution is 0.0527. The first kappa shape index (κ1) is 22.3. The van der Waals surface area contributed by atoms with Gasteiger partial charge in [-0.05, 0) is 19.4 Å². The highest BCUT2D eigenvalue weighted by molar-refractivity contribution is 7.18. The van der Waals surface area contributed by atoms with Gasteiger partial charge in [-0.1, -0.05) is 0 Å². The highest BCUT2D eigenvalue weighted by Crippen LogP contribution is 2.35. The van der Waals surface area contributed by atoms with E-state index in [1.165, 1.54) is 13.8 Å². The summed E-state index contributed by atoms with van der Waals surface area (Å²) in [6.07, 6.45) is 0. The predicted octanol–water partition coefficient (Wildman–Crippen LogP) is 3.97. The minimum Gasteiger partial charge on any atom is -0.465 e. The van der Waals surface area contributed by atoms with E-state index in [0.717, 1.165) is 7.11 Å². The van der Waals surface area contributed by atoms with E-state index in [0.29, 0.717) is 11.3 Å². The molecule has 0 spiro atoms. The van der Waals surface area contributed by atoms with Gasteiger partial charge in [-0.25, -0.2) is 31.5 Å². The molecule has 0 saturated heterocycles. The maximum absolute atomic E-state index is 13.9. The van der Waals surface area contributed by atoms with Gasteiger partial charge in [-0.15, -0.1) is 11.3 Å². The molecule has 0 radical (unpaired) electrons. The smallest absolute Gasteiger partial charge is 0.348 e. The molecule has 0 unspecified atom stereocenters. The summed E-state index contributed by atoms with van der Waals surface area (Å²) in [4.78, 5) is 36.1. The number of benzene rings is 1. The molecule has 0 aliphatic rings. The number of esters is 2. The van der Waals surface area contributed by atoms with Crippen LogP contribution in [0.1, 0.15) is 42.9 Å². The zero-order valence-corrected chi connectivity index (χ0v) is 15.9. The first-order valence-corrected chi connectivity index (χ1v) is 8.59. The normalized spacial score (nSPS) is 10.6. The van der Waals surface area contributed by atoms with Gasteiger partial charge in [0.2, 0.25) is 5.82 Å². The molecule has 29 heavy (non-hydrogen) atoms. The molecule has 0 fully saturated rings. The Labute approximate surface area is 164 Å². The molecule has 2 rings (SSSR count). The number of amides is 1. The Morgan fingerprint density at radius 3 is 1.90 bits per heavy atom. The van der Waals surface area contributed by atoms with Crippen molar-refractivity contribution in [1.82, 2.24) is 0 Å². The maximum atomic E-state index is 13.9. The number of rotatable bonds is 5. The summed E-state index contributed by atoms with van der Waals surface area (Å²) in [5, 5.41) is 1.50. The van der Waals surface area contributed by atoms with E-state index < -0.39 is 57.5 Å². The molecular weight excluding hydrogens is 425 g/mol. The molecule has 12 heteroatoms. The molecule has 1 N–H and O–H groups in total. The van der Waals surface area contributed by atoms with Gasteiger partial charge in [0.15, 0.2) is 23.3 Å². The van der Waals surface area contributed by atoms with Gasteiger partial charge in [-0.3, -0.25) is 4.79 Å². The maximum Gasteiger partial charge on any atom is 0.348 e. The van der Waals surface area contributed by atoms with E-state index in [2.05, 4.69) is 4.74 Å². The Hall–Kier alpha value is -3.02. The predicted molar refractivity (Wildman–Crippen MR) is 90.5 cm³/mol. The van der Waals surface area contributed by atoms with Crippen molar-refractivity contribution in [3.05, 3.63) is 50.7 Å². The van der Waals surface area contributed by atoms with Gasteiger partial charge >= 0.3 is 11.9 Å². The summed E-state index contributed by atoms with van der Waals surface area (Å²) < 4.78 is 76.9. The topological polar surface area (TPSA) is 81.7 Å². The Kier molecular flexibility index (Phi) is 6.57. The first-order chi connectivity index (χ1) is 13.6. The van der Waals surface area contributed by atoms with Crippen LogP contribution in [0, 0.1) is 36.0 Å². The summed E-state index contributed by atoms with van der Waals surface area (Å²) in [7, 11) is 1.05.